The van der Waals surface area contributed by atoms with Crippen molar-refractivity contribution in [2.45, 2.75) is 38.1 Å². The normalized spacial score (nSPS) is 19.1. The van der Waals surface area contributed by atoms with Gasteiger partial charge in [0.15, 0.2) is 0 Å². The number of pyridine rings is 1. The summed E-state index contributed by atoms with van der Waals surface area (Å²) in [5.74, 6) is 1.07. The van der Waals surface area contributed by atoms with Crippen LogP contribution in [0.2, 0.25) is 0 Å². The molecule has 1 unspecified atom stereocenters. The molecule has 2 aromatic heterocycles. The van der Waals surface area contributed by atoms with E-state index in [-0.39, 0.29) is 24.3 Å². The number of nitrogens with one attached hydrogen (secondary N) is 2. The van der Waals surface area contributed by atoms with Crippen molar-refractivity contribution < 1.29 is 14.0 Å². The molecule has 1 atom stereocenters. The van der Waals surface area contributed by atoms with E-state index in [1.165, 1.54) is 5.56 Å². The third kappa shape index (κ3) is 6.95. The zero-order valence-electron chi connectivity index (χ0n) is 19.2. The highest BCUT2D eigenvalue weighted by molar-refractivity contribution is 5.78. The van der Waals surface area contributed by atoms with Crippen molar-refractivity contribution in [1.29, 1.82) is 0 Å². The molecule has 1 aliphatic rings. The van der Waals surface area contributed by atoms with E-state index in [2.05, 4.69) is 37.9 Å². The van der Waals surface area contributed by atoms with Crippen molar-refractivity contribution >= 4 is 11.8 Å². The zero-order valence-corrected chi connectivity index (χ0v) is 19.2. The van der Waals surface area contributed by atoms with Crippen LogP contribution in [-0.4, -0.2) is 58.1 Å². The number of hydrogen-bond donors (Lipinski definition) is 2. The average Bonchev–Trinajstić information content (AvgIpc) is 3.33. The first kappa shape index (κ1) is 23.6. The Kier molecular flexibility index (Phi) is 8.34. The number of benzene rings is 1. The minimum Gasteiger partial charge on any atom is -0.419 e. The molecule has 178 valence electrons. The van der Waals surface area contributed by atoms with Gasteiger partial charge in [-0.2, -0.15) is 0 Å². The molecule has 1 saturated heterocycles. The van der Waals surface area contributed by atoms with Crippen LogP contribution < -0.4 is 10.6 Å². The van der Waals surface area contributed by atoms with E-state index in [9.17, 15) is 9.59 Å². The molecule has 1 aromatic carbocycles. The largest absolute Gasteiger partial charge is 0.419 e. The van der Waals surface area contributed by atoms with Crippen LogP contribution in [0.5, 0.6) is 0 Å². The second kappa shape index (κ2) is 12.0. The van der Waals surface area contributed by atoms with E-state index in [0.717, 1.165) is 18.4 Å². The molecule has 9 heteroatoms. The monoisotopic (exact) mass is 462 g/mol. The second-order valence-corrected chi connectivity index (χ2v) is 8.44. The van der Waals surface area contributed by atoms with E-state index in [1.54, 1.807) is 18.5 Å². The molecular formula is C25H30N6O3. The number of amides is 2. The molecule has 0 spiro atoms. The third-order valence-corrected chi connectivity index (χ3v) is 5.88. The molecule has 34 heavy (non-hydrogen) atoms. The van der Waals surface area contributed by atoms with Crippen LogP contribution in [0.4, 0.5) is 0 Å². The summed E-state index contributed by atoms with van der Waals surface area (Å²) in [5, 5.41) is 14.3. The fourth-order valence-corrected chi connectivity index (χ4v) is 4.10. The van der Waals surface area contributed by atoms with E-state index in [0.29, 0.717) is 50.8 Å². The average molecular weight is 463 g/mol. The summed E-state index contributed by atoms with van der Waals surface area (Å²) in [6.45, 7) is 2.29. The molecule has 3 heterocycles. The Balaban J connectivity index is 1.39. The topological polar surface area (TPSA) is 113 Å². The van der Waals surface area contributed by atoms with Crippen molar-refractivity contribution in [2.24, 2.45) is 0 Å². The van der Waals surface area contributed by atoms with Crippen LogP contribution in [0, 0.1) is 0 Å². The Labute approximate surface area is 199 Å². The van der Waals surface area contributed by atoms with Crippen LogP contribution >= 0.6 is 0 Å². The van der Waals surface area contributed by atoms with E-state index < -0.39 is 0 Å². The first-order valence-electron chi connectivity index (χ1n) is 11.7. The number of rotatable bonds is 4. The van der Waals surface area contributed by atoms with Crippen LogP contribution in [0.3, 0.4) is 0 Å². The molecular weight excluding hydrogens is 432 g/mol. The molecule has 1 fully saturated rings. The summed E-state index contributed by atoms with van der Waals surface area (Å²) < 4.78 is 5.79. The van der Waals surface area contributed by atoms with Crippen LogP contribution in [0.25, 0.3) is 11.5 Å². The summed E-state index contributed by atoms with van der Waals surface area (Å²) >= 11 is 0. The standard InChI is InChI=1S/C25H30N6O3/c32-22-10-9-20(19-6-2-1-3-7-19)11-14-28-23(33)17-31(15-5-13-27-22)18-24-29-30-25(34-24)21-8-4-12-26-16-21/h1-4,6-8,12,16,20H,5,9-11,13-15,17-18H2,(H,27,32)(H,28,33). The van der Waals surface area contributed by atoms with Gasteiger partial charge in [-0.25, -0.2) is 0 Å². The van der Waals surface area contributed by atoms with Gasteiger partial charge in [-0.15, -0.1) is 10.2 Å². The summed E-state index contributed by atoms with van der Waals surface area (Å²) in [6, 6.07) is 13.8. The predicted molar refractivity (Wildman–Crippen MR) is 126 cm³/mol. The van der Waals surface area contributed by atoms with Gasteiger partial charge in [0.2, 0.25) is 23.6 Å². The number of aromatic nitrogens is 3. The first-order chi connectivity index (χ1) is 16.7. The molecule has 3 aromatic rings. The van der Waals surface area contributed by atoms with E-state index >= 15 is 0 Å². The van der Waals surface area contributed by atoms with Gasteiger partial charge in [-0.1, -0.05) is 30.3 Å². The van der Waals surface area contributed by atoms with Crippen molar-refractivity contribution in [1.82, 2.24) is 30.7 Å². The van der Waals surface area contributed by atoms with Crippen molar-refractivity contribution in [3.8, 4) is 11.5 Å². The minimum atomic E-state index is -0.0418. The second-order valence-electron chi connectivity index (χ2n) is 8.44. The van der Waals surface area contributed by atoms with Crippen LogP contribution in [-0.2, 0) is 16.1 Å². The Morgan fingerprint density at radius 1 is 0.971 bits per heavy atom. The predicted octanol–water partition coefficient (Wildman–Crippen LogP) is 2.52. The summed E-state index contributed by atoms with van der Waals surface area (Å²) in [4.78, 5) is 31.1. The Hall–Kier alpha value is -3.59. The lowest BCUT2D eigenvalue weighted by Crippen LogP contribution is -2.39. The van der Waals surface area contributed by atoms with Crippen molar-refractivity contribution in [3.63, 3.8) is 0 Å². The van der Waals surface area contributed by atoms with Crippen molar-refractivity contribution in [3.05, 3.63) is 66.3 Å². The fourth-order valence-electron chi connectivity index (χ4n) is 4.10. The molecule has 4 rings (SSSR count). The van der Waals surface area contributed by atoms with Gasteiger partial charge < -0.3 is 15.1 Å². The lowest BCUT2D eigenvalue weighted by Gasteiger charge is -2.22. The first-order valence-corrected chi connectivity index (χ1v) is 11.7. The smallest absolute Gasteiger partial charge is 0.249 e. The molecule has 0 radical (unpaired) electrons. The van der Waals surface area contributed by atoms with Crippen LogP contribution in [0.1, 0.15) is 43.1 Å². The van der Waals surface area contributed by atoms with Gasteiger partial charge in [0.25, 0.3) is 0 Å². The maximum absolute atomic E-state index is 12.7. The Morgan fingerprint density at radius 3 is 2.65 bits per heavy atom. The Bertz CT molecular complexity index is 1060. The zero-order chi connectivity index (χ0) is 23.6. The molecule has 2 amide bonds. The highest BCUT2D eigenvalue weighted by Crippen LogP contribution is 2.24. The lowest BCUT2D eigenvalue weighted by molar-refractivity contribution is -0.123. The van der Waals surface area contributed by atoms with Gasteiger partial charge in [0.05, 0.1) is 18.7 Å². The van der Waals surface area contributed by atoms with E-state index in [1.807, 2.05) is 29.2 Å². The molecule has 2 N–H and O–H groups in total. The Morgan fingerprint density at radius 2 is 1.82 bits per heavy atom. The van der Waals surface area contributed by atoms with Gasteiger partial charge in [0, 0.05) is 38.4 Å². The molecule has 1 aliphatic heterocycles. The highest BCUT2D eigenvalue weighted by Gasteiger charge is 2.18. The van der Waals surface area contributed by atoms with E-state index in [4.69, 9.17) is 4.42 Å². The van der Waals surface area contributed by atoms with Gasteiger partial charge in [-0.3, -0.25) is 19.5 Å². The highest BCUT2D eigenvalue weighted by atomic mass is 16.4. The van der Waals surface area contributed by atoms with Crippen molar-refractivity contribution in [2.75, 3.05) is 26.2 Å². The lowest BCUT2D eigenvalue weighted by atomic mass is 9.91. The number of nitrogens with zero attached hydrogens (tertiary/aromatic N) is 4. The number of hydrogen-bond acceptors (Lipinski definition) is 7. The molecule has 0 bridgehead atoms. The van der Waals surface area contributed by atoms with Gasteiger partial charge in [-0.05, 0) is 42.9 Å². The SMILES string of the molecule is O=C1CCC(c2ccccc2)CCNC(=O)CN(Cc2nnc(-c3cccnc3)o2)CCCN1. The van der Waals surface area contributed by atoms with Crippen LogP contribution in [0.15, 0.2) is 59.3 Å². The molecule has 0 saturated carbocycles. The fraction of sp³-hybridized carbons (Fsp3) is 0.400. The van der Waals surface area contributed by atoms with Gasteiger partial charge in [0.1, 0.15) is 0 Å². The summed E-state index contributed by atoms with van der Waals surface area (Å²) in [7, 11) is 0. The maximum atomic E-state index is 12.7. The summed E-state index contributed by atoms with van der Waals surface area (Å²) in [5.41, 5.74) is 1.94. The minimum absolute atomic E-state index is 0.0418. The molecule has 9 nitrogen and oxygen atoms in total. The maximum Gasteiger partial charge on any atom is 0.249 e. The summed E-state index contributed by atoms with van der Waals surface area (Å²) in [6.07, 6.45) is 6.06. The number of carbonyl (C=O) groups excluding carboxylic acids is 2. The molecule has 0 aliphatic carbocycles. The van der Waals surface area contributed by atoms with Gasteiger partial charge >= 0.3 is 0 Å². The number of carbonyl (C=O) groups is 2. The quantitative estimate of drug-likeness (QED) is 0.612. The third-order valence-electron chi connectivity index (χ3n) is 5.88.